The number of hydrogen-bond donors (Lipinski definition) is 1. The molecule has 1 aliphatic rings. The predicted molar refractivity (Wildman–Crippen MR) is 85.3 cm³/mol. The minimum Gasteiger partial charge on any atom is -0.382 e. The van der Waals surface area contributed by atoms with Crippen molar-refractivity contribution in [3.05, 3.63) is 77.0 Å². The second-order valence-corrected chi connectivity index (χ2v) is 5.54. The van der Waals surface area contributed by atoms with Crippen molar-refractivity contribution in [2.24, 2.45) is 0 Å². The number of nitrogens with one attached hydrogen (secondary N) is 1. The molecule has 0 fully saturated rings. The Kier molecular flexibility index (Phi) is 3.60. The molecular weight excluding hydrogens is 242 g/mol. The minimum atomic E-state index is 0.353. The molecular formula is C19H21N. The Morgan fingerprint density at radius 2 is 1.60 bits per heavy atom. The third-order valence-electron chi connectivity index (χ3n) is 4.21. The molecule has 0 radical (unpaired) electrons. The normalized spacial score (nSPS) is 15.7. The second-order valence-electron chi connectivity index (χ2n) is 5.54. The molecule has 1 N–H and O–H groups in total. The molecule has 1 atom stereocenters. The Labute approximate surface area is 121 Å². The van der Waals surface area contributed by atoms with Gasteiger partial charge < -0.3 is 5.32 Å². The van der Waals surface area contributed by atoms with Gasteiger partial charge in [-0.15, -0.1) is 0 Å². The van der Waals surface area contributed by atoms with E-state index in [2.05, 4.69) is 73.8 Å². The number of allylic oxidation sites excluding steroid dienone is 2. The van der Waals surface area contributed by atoms with Crippen molar-refractivity contribution >= 4 is 5.57 Å². The van der Waals surface area contributed by atoms with E-state index in [0.29, 0.717) is 6.04 Å². The minimum absolute atomic E-state index is 0.353. The zero-order valence-corrected chi connectivity index (χ0v) is 12.2. The summed E-state index contributed by atoms with van der Waals surface area (Å²) in [7, 11) is 0. The van der Waals surface area contributed by atoms with Gasteiger partial charge in [-0.2, -0.15) is 0 Å². The summed E-state index contributed by atoms with van der Waals surface area (Å²) in [6.45, 7) is 4.47. The fourth-order valence-electron chi connectivity index (χ4n) is 2.98. The molecule has 0 spiro atoms. The third kappa shape index (κ3) is 2.49. The number of fused-ring (bicyclic) bond motifs is 1. The molecule has 0 amide bonds. The van der Waals surface area contributed by atoms with E-state index in [4.69, 9.17) is 0 Å². The smallest absolute Gasteiger partial charge is 0.0482 e. The Morgan fingerprint density at radius 1 is 0.900 bits per heavy atom. The number of aryl methyl sites for hydroxylation is 1. The van der Waals surface area contributed by atoms with Crippen LogP contribution in [0, 0.1) is 0 Å². The summed E-state index contributed by atoms with van der Waals surface area (Å²) >= 11 is 0. The van der Waals surface area contributed by atoms with E-state index in [1.54, 1.807) is 0 Å². The molecule has 3 rings (SSSR count). The van der Waals surface area contributed by atoms with Gasteiger partial charge in [-0.3, -0.25) is 0 Å². The quantitative estimate of drug-likeness (QED) is 0.845. The Bertz CT molecular complexity index is 625. The zero-order chi connectivity index (χ0) is 13.9. The number of benzene rings is 2. The SMILES string of the molecule is CC1=C(NC(C)c2ccccc2)CCc2ccccc21. The molecule has 1 unspecified atom stereocenters. The summed E-state index contributed by atoms with van der Waals surface area (Å²) in [6.07, 6.45) is 2.25. The fourth-order valence-corrected chi connectivity index (χ4v) is 2.98. The predicted octanol–water partition coefficient (Wildman–Crippen LogP) is 4.71. The van der Waals surface area contributed by atoms with Gasteiger partial charge in [0.1, 0.15) is 0 Å². The molecule has 2 aromatic rings. The van der Waals surface area contributed by atoms with Crippen molar-refractivity contribution in [3.63, 3.8) is 0 Å². The summed E-state index contributed by atoms with van der Waals surface area (Å²) in [6, 6.07) is 19.7. The summed E-state index contributed by atoms with van der Waals surface area (Å²) in [5.41, 5.74) is 7.01. The summed E-state index contributed by atoms with van der Waals surface area (Å²) < 4.78 is 0. The van der Waals surface area contributed by atoms with Crippen molar-refractivity contribution < 1.29 is 0 Å². The maximum Gasteiger partial charge on any atom is 0.0482 e. The van der Waals surface area contributed by atoms with Crippen LogP contribution in [0.3, 0.4) is 0 Å². The Morgan fingerprint density at radius 3 is 2.40 bits per heavy atom. The highest BCUT2D eigenvalue weighted by Gasteiger charge is 2.16. The molecule has 0 aliphatic heterocycles. The Hall–Kier alpha value is -2.02. The third-order valence-corrected chi connectivity index (χ3v) is 4.21. The van der Waals surface area contributed by atoms with Crippen LogP contribution < -0.4 is 5.32 Å². The van der Waals surface area contributed by atoms with Crippen LogP contribution in [0.4, 0.5) is 0 Å². The lowest BCUT2D eigenvalue weighted by Crippen LogP contribution is -2.21. The van der Waals surface area contributed by atoms with E-state index < -0.39 is 0 Å². The zero-order valence-electron chi connectivity index (χ0n) is 12.2. The van der Waals surface area contributed by atoms with Gasteiger partial charge >= 0.3 is 0 Å². The van der Waals surface area contributed by atoms with Crippen LogP contribution in [0.25, 0.3) is 5.57 Å². The number of rotatable bonds is 3. The first-order valence-electron chi connectivity index (χ1n) is 7.35. The first-order chi connectivity index (χ1) is 9.75. The van der Waals surface area contributed by atoms with E-state index in [0.717, 1.165) is 12.8 Å². The highest BCUT2D eigenvalue weighted by Crippen LogP contribution is 2.30. The standard InChI is InChI=1S/C19H21N/c1-14-18-11-7-6-10-17(18)12-13-19(14)20-15(2)16-8-4-3-5-9-16/h3-11,15,20H,12-13H2,1-2H3. The molecule has 0 heterocycles. The maximum absolute atomic E-state index is 3.71. The summed E-state index contributed by atoms with van der Waals surface area (Å²) in [4.78, 5) is 0. The second kappa shape index (κ2) is 5.54. The molecule has 20 heavy (non-hydrogen) atoms. The molecule has 0 saturated carbocycles. The van der Waals surface area contributed by atoms with Crippen molar-refractivity contribution in [3.8, 4) is 0 Å². The van der Waals surface area contributed by atoms with E-state index in [-0.39, 0.29) is 0 Å². The lowest BCUT2D eigenvalue weighted by atomic mass is 9.89. The van der Waals surface area contributed by atoms with E-state index in [9.17, 15) is 0 Å². The van der Waals surface area contributed by atoms with E-state index in [1.165, 1.54) is 28.0 Å². The van der Waals surface area contributed by atoms with Gasteiger partial charge in [0.2, 0.25) is 0 Å². The molecule has 1 heteroatoms. The Balaban J connectivity index is 1.85. The van der Waals surface area contributed by atoms with Gasteiger partial charge in [0.05, 0.1) is 0 Å². The summed E-state index contributed by atoms with van der Waals surface area (Å²) in [5, 5.41) is 3.71. The van der Waals surface area contributed by atoms with Crippen molar-refractivity contribution in [2.75, 3.05) is 0 Å². The summed E-state index contributed by atoms with van der Waals surface area (Å²) in [5.74, 6) is 0. The van der Waals surface area contributed by atoms with Crippen molar-refractivity contribution in [2.45, 2.75) is 32.7 Å². The van der Waals surface area contributed by atoms with Crippen LogP contribution in [-0.2, 0) is 6.42 Å². The first kappa shape index (κ1) is 13.0. The monoisotopic (exact) mass is 263 g/mol. The van der Waals surface area contributed by atoms with Gasteiger partial charge in [-0.05, 0) is 49.0 Å². The van der Waals surface area contributed by atoms with Crippen LogP contribution in [0.5, 0.6) is 0 Å². The number of hydrogen-bond acceptors (Lipinski definition) is 1. The van der Waals surface area contributed by atoms with Gasteiger partial charge in [0.15, 0.2) is 0 Å². The molecule has 1 nitrogen and oxygen atoms in total. The molecule has 1 aliphatic carbocycles. The molecule has 0 aromatic heterocycles. The van der Waals surface area contributed by atoms with Gasteiger partial charge in [-0.25, -0.2) is 0 Å². The van der Waals surface area contributed by atoms with Crippen LogP contribution in [-0.4, -0.2) is 0 Å². The van der Waals surface area contributed by atoms with Crippen molar-refractivity contribution in [1.29, 1.82) is 0 Å². The molecule has 0 bridgehead atoms. The highest BCUT2D eigenvalue weighted by molar-refractivity contribution is 5.71. The highest BCUT2D eigenvalue weighted by atomic mass is 14.9. The van der Waals surface area contributed by atoms with Crippen LogP contribution in [0.15, 0.2) is 60.3 Å². The largest absolute Gasteiger partial charge is 0.382 e. The fraction of sp³-hybridized carbons (Fsp3) is 0.263. The topological polar surface area (TPSA) is 12.0 Å². The lowest BCUT2D eigenvalue weighted by molar-refractivity contribution is 0.624. The first-order valence-corrected chi connectivity index (χ1v) is 7.35. The van der Waals surface area contributed by atoms with Gasteiger partial charge in [0.25, 0.3) is 0 Å². The molecule has 0 saturated heterocycles. The average molecular weight is 263 g/mol. The van der Waals surface area contributed by atoms with Crippen LogP contribution in [0.2, 0.25) is 0 Å². The molecule has 102 valence electrons. The van der Waals surface area contributed by atoms with Crippen molar-refractivity contribution in [1.82, 2.24) is 5.32 Å². The van der Waals surface area contributed by atoms with Gasteiger partial charge in [0, 0.05) is 11.7 Å². The van der Waals surface area contributed by atoms with E-state index in [1.807, 2.05) is 0 Å². The maximum atomic E-state index is 3.71. The molecule has 2 aromatic carbocycles. The van der Waals surface area contributed by atoms with Gasteiger partial charge in [-0.1, -0.05) is 54.6 Å². The lowest BCUT2D eigenvalue weighted by Gasteiger charge is -2.25. The van der Waals surface area contributed by atoms with E-state index >= 15 is 0 Å². The van der Waals surface area contributed by atoms with Crippen LogP contribution in [0.1, 0.15) is 43.0 Å². The van der Waals surface area contributed by atoms with Crippen LogP contribution >= 0.6 is 0 Å². The average Bonchev–Trinajstić information content (AvgIpc) is 2.51.